The summed E-state index contributed by atoms with van der Waals surface area (Å²) in [6.07, 6.45) is 2.96. The van der Waals surface area contributed by atoms with Gasteiger partial charge in [0.25, 0.3) is 0 Å². The highest BCUT2D eigenvalue weighted by Crippen LogP contribution is 2.40. The van der Waals surface area contributed by atoms with Gasteiger partial charge in [0, 0.05) is 48.5 Å². The lowest BCUT2D eigenvalue weighted by molar-refractivity contribution is 0.0204. The van der Waals surface area contributed by atoms with Gasteiger partial charge >= 0.3 is 0 Å². The molecular weight excluding hydrogens is 485 g/mol. The first kappa shape index (κ1) is 27.2. The summed E-state index contributed by atoms with van der Waals surface area (Å²) in [6, 6.07) is 8.42. The average molecular weight is 519 g/mol. The van der Waals surface area contributed by atoms with Crippen molar-refractivity contribution in [2.45, 2.75) is 38.5 Å². The van der Waals surface area contributed by atoms with Crippen LogP contribution in [0.15, 0.2) is 42.6 Å². The Morgan fingerprint density at radius 3 is 2.46 bits per heavy atom. The minimum atomic E-state index is -0.912. The summed E-state index contributed by atoms with van der Waals surface area (Å²) >= 11 is 0. The smallest absolute Gasteiger partial charge is 0.129 e. The molecule has 6 nitrogen and oxygen atoms in total. The lowest BCUT2D eigenvalue weighted by Crippen LogP contribution is -2.43. The first-order chi connectivity index (χ1) is 17.9. The van der Waals surface area contributed by atoms with E-state index in [4.69, 9.17) is 9.47 Å². The van der Waals surface area contributed by atoms with Crippen molar-refractivity contribution in [2.24, 2.45) is 5.41 Å². The predicted molar refractivity (Wildman–Crippen MR) is 134 cm³/mol. The van der Waals surface area contributed by atoms with Gasteiger partial charge in [-0.3, -0.25) is 9.88 Å². The molecule has 0 radical (unpaired) electrons. The van der Waals surface area contributed by atoms with Crippen LogP contribution in [0.1, 0.15) is 42.9 Å². The van der Waals surface area contributed by atoms with Crippen molar-refractivity contribution in [3.63, 3.8) is 0 Å². The number of aliphatic hydroxyl groups is 2. The molecule has 9 heteroatoms. The van der Waals surface area contributed by atoms with E-state index in [0.29, 0.717) is 47.2 Å². The van der Waals surface area contributed by atoms with Gasteiger partial charge in [0.15, 0.2) is 0 Å². The number of likely N-dealkylation sites (tertiary alicyclic amines) is 1. The Hall–Kier alpha value is -2.88. The topological polar surface area (TPSA) is 75.0 Å². The first-order valence-corrected chi connectivity index (χ1v) is 12.5. The molecule has 2 N–H and O–H groups in total. The lowest BCUT2D eigenvalue weighted by atomic mass is 9.74. The number of halogens is 3. The Morgan fingerprint density at radius 1 is 1.08 bits per heavy atom. The molecule has 1 fully saturated rings. The van der Waals surface area contributed by atoms with Gasteiger partial charge in [0.1, 0.15) is 36.4 Å². The van der Waals surface area contributed by atoms with E-state index in [9.17, 15) is 23.4 Å². The fourth-order valence-electron chi connectivity index (χ4n) is 5.09. The number of methoxy groups -OCH3 is 1. The van der Waals surface area contributed by atoms with Gasteiger partial charge < -0.3 is 19.7 Å². The van der Waals surface area contributed by atoms with Gasteiger partial charge in [-0.25, -0.2) is 13.2 Å². The van der Waals surface area contributed by atoms with Crippen LogP contribution in [-0.4, -0.2) is 60.1 Å². The number of piperidine rings is 1. The maximum absolute atomic E-state index is 13.8. The predicted octanol–water partition coefficient (Wildman–Crippen LogP) is 4.96. The van der Waals surface area contributed by atoms with E-state index in [2.05, 4.69) is 9.88 Å². The molecule has 2 heterocycles. The van der Waals surface area contributed by atoms with Gasteiger partial charge in [-0.2, -0.15) is 0 Å². The molecule has 0 spiro atoms. The quantitative estimate of drug-likeness (QED) is 0.374. The molecular formula is C28H33F3N2O4. The summed E-state index contributed by atoms with van der Waals surface area (Å²) in [7, 11) is 1.55. The summed E-state index contributed by atoms with van der Waals surface area (Å²) in [4.78, 5) is 6.50. The third kappa shape index (κ3) is 6.52. The molecule has 0 bridgehead atoms. The van der Waals surface area contributed by atoms with Crippen molar-refractivity contribution in [1.82, 2.24) is 9.88 Å². The standard InChI is InChI=1S/C28H33F3N2O4/c1-36-22-2-3-25-24(15-22)27(19(16-29)17-32-25)26(35)4-5-28(18-34)6-8-33(9-7-28)10-11-37-23-13-20(30)12-21(31)14-23/h2-3,12-15,17,26,34-35H,4-11,16,18H2,1H3/t26-/m1/s1. The Bertz CT molecular complexity index is 1180. The van der Waals surface area contributed by atoms with Gasteiger partial charge in [-0.15, -0.1) is 0 Å². The molecule has 1 aliphatic rings. The largest absolute Gasteiger partial charge is 0.497 e. The number of ether oxygens (including phenoxy) is 2. The first-order valence-electron chi connectivity index (χ1n) is 12.5. The van der Waals surface area contributed by atoms with Crippen molar-refractivity contribution in [1.29, 1.82) is 0 Å². The Kier molecular flexibility index (Phi) is 8.89. The molecule has 1 atom stereocenters. The molecule has 3 aromatic rings. The zero-order valence-corrected chi connectivity index (χ0v) is 20.9. The van der Waals surface area contributed by atoms with Crippen LogP contribution in [0.3, 0.4) is 0 Å². The number of hydrogen-bond donors (Lipinski definition) is 2. The van der Waals surface area contributed by atoms with E-state index in [1.54, 1.807) is 25.3 Å². The number of pyridine rings is 1. The molecule has 4 rings (SSSR count). The maximum Gasteiger partial charge on any atom is 0.129 e. The SMILES string of the molecule is COc1ccc2ncc(CF)c([C@H](O)CCC3(CO)CCN(CCOc4cc(F)cc(F)c4)CC3)c2c1. The van der Waals surface area contributed by atoms with Gasteiger partial charge in [-0.1, -0.05) is 0 Å². The molecule has 0 aliphatic carbocycles. The zero-order valence-electron chi connectivity index (χ0n) is 20.9. The molecule has 1 aromatic heterocycles. The van der Waals surface area contributed by atoms with Crippen molar-refractivity contribution < 1.29 is 32.9 Å². The minimum Gasteiger partial charge on any atom is -0.497 e. The van der Waals surface area contributed by atoms with E-state index in [-0.39, 0.29) is 24.4 Å². The van der Waals surface area contributed by atoms with Gasteiger partial charge in [-0.05, 0) is 68.0 Å². The van der Waals surface area contributed by atoms with Crippen LogP contribution in [0, 0.1) is 17.0 Å². The molecule has 1 saturated heterocycles. The third-order valence-corrected chi connectivity index (χ3v) is 7.39. The summed E-state index contributed by atoms with van der Waals surface area (Å²) in [5.41, 5.74) is 1.17. The number of aromatic nitrogens is 1. The second-order valence-corrected chi connectivity index (χ2v) is 9.72. The normalized spacial score (nSPS) is 16.6. The Labute approximate surface area is 214 Å². The van der Waals surface area contributed by atoms with E-state index in [1.807, 2.05) is 0 Å². The van der Waals surface area contributed by atoms with E-state index >= 15 is 0 Å². The van der Waals surface area contributed by atoms with Crippen LogP contribution in [-0.2, 0) is 6.67 Å². The van der Waals surface area contributed by atoms with Crippen LogP contribution in [0.2, 0.25) is 0 Å². The van der Waals surface area contributed by atoms with E-state index in [0.717, 1.165) is 44.1 Å². The third-order valence-electron chi connectivity index (χ3n) is 7.39. The van der Waals surface area contributed by atoms with Crippen LogP contribution in [0.25, 0.3) is 10.9 Å². The number of benzene rings is 2. The van der Waals surface area contributed by atoms with Crippen LogP contribution < -0.4 is 9.47 Å². The van der Waals surface area contributed by atoms with Crippen molar-refractivity contribution in [3.05, 3.63) is 65.4 Å². The molecule has 0 saturated carbocycles. The second kappa shape index (κ2) is 12.1. The molecule has 1 aliphatic heterocycles. The minimum absolute atomic E-state index is 0.00644. The van der Waals surface area contributed by atoms with Crippen LogP contribution in [0.4, 0.5) is 13.2 Å². The van der Waals surface area contributed by atoms with E-state index < -0.39 is 24.4 Å². The fourth-order valence-corrected chi connectivity index (χ4v) is 5.09. The highest BCUT2D eigenvalue weighted by atomic mass is 19.1. The molecule has 2 aromatic carbocycles. The number of aliphatic hydroxyl groups excluding tert-OH is 2. The highest BCUT2D eigenvalue weighted by Gasteiger charge is 2.34. The zero-order chi connectivity index (χ0) is 26.4. The summed E-state index contributed by atoms with van der Waals surface area (Å²) in [5.74, 6) is -0.604. The molecule has 37 heavy (non-hydrogen) atoms. The van der Waals surface area contributed by atoms with E-state index in [1.165, 1.54) is 6.20 Å². The van der Waals surface area contributed by atoms with Crippen molar-refractivity contribution in [2.75, 3.05) is 40.0 Å². The lowest BCUT2D eigenvalue weighted by Gasteiger charge is -2.41. The number of hydrogen-bond acceptors (Lipinski definition) is 6. The monoisotopic (exact) mass is 518 g/mol. The number of alkyl halides is 1. The summed E-state index contributed by atoms with van der Waals surface area (Å²) in [6.45, 7) is 1.58. The van der Waals surface area contributed by atoms with Gasteiger partial charge in [0.05, 0.1) is 18.7 Å². The number of rotatable bonds is 11. The Balaban J connectivity index is 1.35. The van der Waals surface area contributed by atoms with Crippen LogP contribution in [0.5, 0.6) is 11.5 Å². The van der Waals surface area contributed by atoms with Crippen molar-refractivity contribution in [3.8, 4) is 11.5 Å². The molecule has 200 valence electrons. The molecule has 0 amide bonds. The van der Waals surface area contributed by atoms with Gasteiger partial charge in [0.2, 0.25) is 0 Å². The fraction of sp³-hybridized carbons (Fsp3) is 0.464. The summed E-state index contributed by atoms with van der Waals surface area (Å²) in [5, 5.41) is 22.1. The summed E-state index contributed by atoms with van der Waals surface area (Å²) < 4.78 is 51.3. The number of fused-ring (bicyclic) bond motifs is 1. The van der Waals surface area contributed by atoms with Crippen molar-refractivity contribution >= 4 is 10.9 Å². The van der Waals surface area contributed by atoms with Crippen LogP contribution >= 0.6 is 0 Å². The highest BCUT2D eigenvalue weighted by molar-refractivity contribution is 5.85. The Morgan fingerprint density at radius 2 is 1.81 bits per heavy atom. The molecule has 0 unspecified atom stereocenters. The second-order valence-electron chi connectivity index (χ2n) is 9.72. The number of nitrogens with zero attached hydrogens (tertiary/aromatic N) is 2. The maximum atomic E-state index is 13.8. The average Bonchev–Trinajstić information content (AvgIpc) is 2.91.